The zero-order valence-electron chi connectivity index (χ0n) is 17.6. The number of hydrogen-bond donors (Lipinski definition) is 0. The Kier molecular flexibility index (Phi) is 6.52. The first-order valence-electron chi connectivity index (χ1n) is 9.87. The maximum absolute atomic E-state index is 12.8. The summed E-state index contributed by atoms with van der Waals surface area (Å²) in [5.41, 5.74) is 0.283. The number of amides is 3. The zero-order chi connectivity index (χ0) is 22.7. The summed E-state index contributed by atoms with van der Waals surface area (Å²) in [5, 5.41) is -0.351. The summed E-state index contributed by atoms with van der Waals surface area (Å²) in [6.07, 6.45) is 0. The molecule has 1 fully saturated rings. The molecular weight excluding hydrogens is 436 g/mol. The molecule has 2 aliphatic heterocycles. The second-order valence-electron chi connectivity index (χ2n) is 7.04. The number of nitrogens with zero attached hydrogens (tertiary/aromatic N) is 2. The van der Waals surface area contributed by atoms with Gasteiger partial charge in [0.25, 0.3) is 17.1 Å². The molecule has 168 valence electrons. The van der Waals surface area contributed by atoms with E-state index in [9.17, 15) is 14.4 Å². The molecule has 1 saturated heterocycles. The van der Waals surface area contributed by atoms with Gasteiger partial charge in [0, 0.05) is 18.7 Å². The fourth-order valence-electron chi connectivity index (χ4n) is 3.40. The van der Waals surface area contributed by atoms with Crippen LogP contribution in [0.4, 0.5) is 4.79 Å². The summed E-state index contributed by atoms with van der Waals surface area (Å²) < 4.78 is 21.8. The maximum Gasteiger partial charge on any atom is 0.291 e. The highest BCUT2D eigenvalue weighted by molar-refractivity contribution is 8.15. The van der Waals surface area contributed by atoms with Crippen LogP contribution >= 0.6 is 11.8 Å². The first-order chi connectivity index (χ1) is 15.5. The lowest BCUT2D eigenvalue weighted by Crippen LogP contribution is -2.41. The number of hydrogen-bond acceptors (Lipinski definition) is 8. The second-order valence-corrected chi connectivity index (χ2v) is 8.05. The topological polar surface area (TPSA) is 94.6 Å². The van der Waals surface area contributed by atoms with E-state index in [2.05, 4.69) is 0 Å². The number of fused-ring (bicyclic) bond motifs is 1. The Balaban J connectivity index is 1.33. The second kappa shape index (κ2) is 9.49. The van der Waals surface area contributed by atoms with Crippen molar-refractivity contribution >= 4 is 28.8 Å². The molecule has 2 aromatic carbocycles. The number of ether oxygens (including phenoxy) is 4. The first kappa shape index (κ1) is 22.0. The van der Waals surface area contributed by atoms with Crippen LogP contribution in [0.5, 0.6) is 17.2 Å². The number of rotatable bonds is 8. The van der Waals surface area contributed by atoms with Crippen molar-refractivity contribution in [1.29, 1.82) is 0 Å². The van der Waals surface area contributed by atoms with Crippen LogP contribution in [-0.4, -0.2) is 66.4 Å². The van der Waals surface area contributed by atoms with E-state index in [0.717, 1.165) is 17.3 Å². The average Bonchev–Trinajstić information content (AvgIpc) is 3.08. The molecule has 0 spiro atoms. The highest BCUT2D eigenvalue weighted by Gasteiger charge is 2.40. The highest BCUT2D eigenvalue weighted by Crippen LogP contribution is 2.37. The van der Waals surface area contributed by atoms with Crippen molar-refractivity contribution in [3.8, 4) is 17.2 Å². The third kappa shape index (κ3) is 4.37. The van der Waals surface area contributed by atoms with Gasteiger partial charge in [0.05, 0.1) is 32.9 Å². The Hall–Kier alpha value is -3.24. The minimum Gasteiger partial charge on any atom is -0.493 e. The summed E-state index contributed by atoms with van der Waals surface area (Å²) in [6, 6.07) is 12.5. The largest absolute Gasteiger partial charge is 0.493 e. The van der Waals surface area contributed by atoms with Crippen molar-refractivity contribution in [2.24, 2.45) is 0 Å². The minimum atomic E-state index is -0.927. The summed E-state index contributed by atoms with van der Waals surface area (Å²) in [7, 11) is 3.00. The molecule has 0 bridgehead atoms. The van der Waals surface area contributed by atoms with Crippen LogP contribution in [-0.2, 0) is 16.1 Å². The Morgan fingerprint density at radius 2 is 1.78 bits per heavy atom. The molecular formula is C22H22N2O7S. The molecule has 2 aromatic rings. The lowest BCUT2D eigenvalue weighted by Gasteiger charge is -2.29. The third-order valence-corrected chi connectivity index (χ3v) is 6.06. The molecule has 0 N–H and O–H groups in total. The number of carbonyl (C=O) groups is 3. The molecule has 2 heterocycles. The smallest absolute Gasteiger partial charge is 0.291 e. The number of imide groups is 1. The number of thioether (sulfide) groups is 1. The van der Waals surface area contributed by atoms with Gasteiger partial charge in [-0.25, -0.2) is 0 Å². The predicted molar refractivity (Wildman–Crippen MR) is 116 cm³/mol. The molecule has 4 rings (SSSR count). The Morgan fingerprint density at radius 3 is 2.50 bits per heavy atom. The van der Waals surface area contributed by atoms with Crippen molar-refractivity contribution in [3.63, 3.8) is 0 Å². The molecule has 3 amide bonds. The summed E-state index contributed by atoms with van der Waals surface area (Å²) in [5.74, 6) is 0.660. The van der Waals surface area contributed by atoms with E-state index in [1.165, 1.54) is 24.0 Å². The van der Waals surface area contributed by atoms with E-state index in [-0.39, 0.29) is 37.6 Å². The fraction of sp³-hybridized carbons (Fsp3) is 0.318. The van der Waals surface area contributed by atoms with E-state index < -0.39 is 11.3 Å². The van der Waals surface area contributed by atoms with Crippen LogP contribution < -0.4 is 14.2 Å². The van der Waals surface area contributed by atoms with Crippen LogP contribution in [0, 0.1) is 0 Å². The summed E-state index contributed by atoms with van der Waals surface area (Å²) >= 11 is 0.836. The lowest BCUT2D eigenvalue weighted by atomic mass is 10.1. The van der Waals surface area contributed by atoms with Crippen LogP contribution in [0.2, 0.25) is 0 Å². The Morgan fingerprint density at radius 1 is 1.06 bits per heavy atom. The SMILES string of the molecule is COc1cc2c(cc1OC)C(=O)N(CCOC1SC(=O)N(Cc3ccccc3)C1=O)CO2. The summed E-state index contributed by atoms with van der Waals surface area (Å²) in [4.78, 5) is 40.3. The van der Waals surface area contributed by atoms with Crippen molar-refractivity contribution in [2.75, 3.05) is 34.1 Å². The summed E-state index contributed by atoms with van der Waals surface area (Å²) in [6.45, 7) is 0.513. The number of methoxy groups -OCH3 is 2. The molecule has 2 aliphatic rings. The van der Waals surface area contributed by atoms with E-state index in [0.29, 0.717) is 22.8 Å². The minimum absolute atomic E-state index is 0.0372. The molecule has 0 aromatic heterocycles. The Labute approximate surface area is 189 Å². The van der Waals surface area contributed by atoms with E-state index in [4.69, 9.17) is 18.9 Å². The molecule has 32 heavy (non-hydrogen) atoms. The van der Waals surface area contributed by atoms with Gasteiger partial charge in [-0.1, -0.05) is 30.3 Å². The standard InChI is InChI=1S/C22H22N2O7S/c1-28-17-10-15-16(11-18(17)29-2)31-13-23(19(15)25)8-9-30-21-20(26)24(22(27)32-21)12-14-6-4-3-5-7-14/h3-7,10-11,21H,8-9,12-13H2,1-2H3. The van der Waals surface area contributed by atoms with Crippen molar-refractivity contribution in [3.05, 3.63) is 53.6 Å². The van der Waals surface area contributed by atoms with E-state index in [1.54, 1.807) is 12.1 Å². The van der Waals surface area contributed by atoms with Gasteiger partial charge in [-0.3, -0.25) is 19.3 Å². The number of benzene rings is 2. The van der Waals surface area contributed by atoms with Crippen LogP contribution in [0.1, 0.15) is 15.9 Å². The van der Waals surface area contributed by atoms with Crippen molar-refractivity contribution in [2.45, 2.75) is 12.0 Å². The normalized spacial score (nSPS) is 17.9. The predicted octanol–water partition coefficient (Wildman–Crippen LogP) is 2.73. The molecule has 0 saturated carbocycles. The van der Waals surface area contributed by atoms with Gasteiger partial charge in [0.1, 0.15) is 5.75 Å². The van der Waals surface area contributed by atoms with Crippen LogP contribution in [0.25, 0.3) is 0 Å². The molecule has 10 heteroatoms. The van der Waals surface area contributed by atoms with Gasteiger partial charge in [0.15, 0.2) is 23.7 Å². The Bertz CT molecular complexity index is 1030. The molecule has 1 atom stereocenters. The van der Waals surface area contributed by atoms with Gasteiger partial charge >= 0.3 is 0 Å². The average molecular weight is 458 g/mol. The monoisotopic (exact) mass is 458 g/mol. The lowest BCUT2D eigenvalue weighted by molar-refractivity contribution is -0.134. The molecule has 0 aliphatic carbocycles. The van der Waals surface area contributed by atoms with Crippen LogP contribution in [0.3, 0.4) is 0 Å². The van der Waals surface area contributed by atoms with E-state index in [1.807, 2.05) is 30.3 Å². The van der Waals surface area contributed by atoms with Gasteiger partial charge < -0.3 is 23.8 Å². The fourth-order valence-corrected chi connectivity index (χ4v) is 4.25. The van der Waals surface area contributed by atoms with Gasteiger partial charge in [0.2, 0.25) is 0 Å². The highest BCUT2D eigenvalue weighted by atomic mass is 32.2. The number of carbonyl (C=O) groups excluding carboxylic acids is 3. The molecule has 1 unspecified atom stereocenters. The first-order valence-corrected chi connectivity index (χ1v) is 10.8. The van der Waals surface area contributed by atoms with Gasteiger partial charge in [-0.2, -0.15) is 0 Å². The molecule has 0 radical (unpaired) electrons. The van der Waals surface area contributed by atoms with E-state index >= 15 is 0 Å². The zero-order valence-corrected chi connectivity index (χ0v) is 18.4. The third-order valence-electron chi connectivity index (χ3n) is 5.09. The quantitative estimate of drug-likeness (QED) is 0.596. The molecule has 9 nitrogen and oxygen atoms in total. The van der Waals surface area contributed by atoms with Crippen molar-refractivity contribution in [1.82, 2.24) is 9.80 Å². The van der Waals surface area contributed by atoms with Gasteiger partial charge in [-0.15, -0.1) is 0 Å². The maximum atomic E-state index is 12.8. The van der Waals surface area contributed by atoms with Crippen molar-refractivity contribution < 1.29 is 33.3 Å². The van der Waals surface area contributed by atoms with Gasteiger partial charge in [-0.05, 0) is 17.3 Å². The van der Waals surface area contributed by atoms with Crippen LogP contribution in [0.15, 0.2) is 42.5 Å².